The molecule has 108 valence electrons. The third-order valence-corrected chi connectivity index (χ3v) is 2.89. The normalized spacial score (nSPS) is 10.5. The summed E-state index contributed by atoms with van der Waals surface area (Å²) in [7, 11) is 0. The van der Waals surface area contributed by atoms with Gasteiger partial charge in [-0.2, -0.15) is 0 Å². The lowest BCUT2D eigenvalue weighted by Crippen LogP contribution is -2.11. The van der Waals surface area contributed by atoms with Crippen LogP contribution in [0.5, 0.6) is 0 Å². The van der Waals surface area contributed by atoms with Gasteiger partial charge in [0, 0.05) is 11.6 Å². The molecule has 21 heavy (non-hydrogen) atoms. The first-order valence-electron chi connectivity index (χ1n) is 5.84. The summed E-state index contributed by atoms with van der Waals surface area (Å²) in [4.78, 5) is 22.8. The predicted octanol–water partition coefficient (Wildman–Crippen LogP) is 3.67. The van der Waals surface area contributed by atoms with Gasteiger partial charge < -0.3 is 5.11 Å². The van der Waals surface area contributed by atoms with Gasteiger partial charge >= 0.3 is 5.97 Å². The number of benzene rings is 2. The fourth-order valence-corrected chi connectivity index (χ4v) is 2.10. The summed E-state index contributed by atoms with van der Waals surface area (Å²) < 4.78 is 40.2. The predicted molar refractivity (Wildman–Crippen MR) is 68.7 cm³/mol. The molecule has 3 nitrogen and oxygen atoms in total. The van der Waals surface area contributed by atoms with Crippen LogP contribution in [0.3, 0.4) is 0 Å². The van der Waals surface area contributed by atoms with Crippen LogP contribution < -0.4 is 0 Å². The zero-order chi connectivity index (χ0) is 15.7. The zero-order valence-corrected chi connectivity index (χ0v) is 10.8. The fourth-order valence-electron chi connectivity index (χ4n) is 2.10. The van der Waals surface area contributed by atoms with E-state index in [1.807, 2.05) is 0 Å². The third-order valence-electron chi connectivity index (χ3n) is 2.89. The van der Waals surface area contributed by atoms with E-state index < -0.39 is 40.3 Å². The molecule has 2 rings (SSSR count). The molecular formula is C15H9F3O3. The van der Waals surface area contributed by atoms with Crippen molar-refractivity contribution in [2.45, 2.75) is 6.92 Å². The molecule has 6 heteroatoms. The molecule has 0 aromatic heterocycles. The van der Waals surface area contributed by atoms with Gasteiger partial charge in [-0.3, -0.25) is 4.79 Å². The van der Waals surface area contributed by atoms with E-state index in [0.29, 0.717) is 6.07 Å². The van der Waals surface area contributed by atoms with E-state index in [4.69, 9.17) is 5.11 Å². The number of hydrogen-bond acceptors (Lipinski definition) is 2. The van der Waals surface area contributed by atoms with E-state index in [1.165, 1.54) is 0 Å². The number of carbonyl (C=O) groups excluding carboxylic acids is 1. The van der Waals surface area contributed by atoms with Crippen LogP contribution in [0.25, 0.3) is 11.1 Å². The van der Waals surface area contributed by atoms with Gasteiger partial charge in [-0.05, 0) is 36.2 Å². The number of rotatable bonds is 3. The second-order valence-corrected chi connectivity index (χ2v) is 4.36. The topological polar surface area (TPSA) is 54.4 Å². The van der Waals surface area contributed by atoms with Gasteiger partial charge in [0.2, 0.25) is 0 Å². The van der Waals surface area contributed by atoms with E-state index in [2.05, 4.69) is 0 Å². The number of hydrogen-bond donors (Lipinski definition) is 1. The van der Waals surface area contributed by atoms with Crippen molar-refractivity contribution in [2.75, 3.05) is 0 Å². The molecule has 2 aromatic carbocycles. The van der Waals surface area contributed by atoms with Crippen molar-refractivity contribution in [1.82, 2.24) is 0 Å². The van der Waals surface area contributed by atoms with Gasteiger partial charge in [0.25, 0.3) is 0 Å². The van der Waals surface area contributed by atoms with Crippen LogP contribution in [-0.4, -0.2) is 16.9 Å². The van der Waals surface area contributed by atoms with Gasteiger partial charge in [-0.15, -0.1) is 0 Å². The highest BCUT2D eigenvalue weighted by Gasteiger charge is 2.23. The Labute approximate surface area is 117 Å². The van der Waals surface area contributed by atoms with E-state index >= 15 is 0 Å². The molecule has 0 heterocycles. The Morgan fingerprint density at radius 1 is 0.952 bits per heavy atom. The van der Waals surface area contributed by atoms with Crippen LogP contribution in [0.1, 0.15) is 27.6 Å². The van der Waals surface area contributed by atoms with Crippen LogP contribution >= 0.6 is 0 Å². The average molecular weight is 294 g/mol. The first-order chi connectivity index (χ1) is 9.81. The third kappa shape index (κ3) is 2.79. The summed E-state index contributed by atoms with van der Waals surface area (Å²) in [5.74, 6) is -5.21. The number of carboxylic acid groups (broad SMARTS) is 1. The number of carboxylic acids is 1. The monoisotopic (exact) mass is 294 g/mol. The molecule has 2 aromatic rings. The summed E-state index contributed by atoms with van der Waals surface area (Å²) in [5.41, 5.74) is -1.32. The molecule has 0 radical (unpaired) electrons. The minimum absolute atomic E-state index is 0.0415. The van der Waals surface area contributed by atoms with Crippen molar-refractivity contribution in [3.8, 4) is 11.1 Å². The Morgan fingerprint density at radius 3 is 2.00 bits per heavy atom. The molecule has 0 spiro atoms. The minimum Gasteiger partial charge on any atom is -0.478 e. The average Bonchev–Trinajstić information content (AvgIpc) is 2.36. The zero-order valence-electron chi connectivity index (χ0n) is 10.8. The maximum atomic E-state index is 13.6. The maximum absolute atomic E-state index is 13.6. The van der Waals surface area contributed by atoms with E-state index in [1.54, 1.807) is 0 Å². The standard InChI is InChI=1S/C15H9F3O3/c1-7(19)13-11(2-3-12(18)14(13)15(20)21)8-4-9(16)6-10(17)5-8/h2-6H,1H3,(H,20,21). The minimum atomic E-state index is -1.63. The second kappa shape index (κ2) is 5.40. The lowest BCUT2D eigenvalue weighted by Gasteiger charge is -2.11. The lowest BCUT2D eigenvalue weighted by molar-refractivity contribution is 0.0687. The van der Waals surface area contributed by atoms with E-state index in [9.17, 15) is 22.8 Å². The highest BCUT2D eigenvalue weighted by atomic mass is 19.1. The van der Waals surface area contributed by atoms with Crippen molar-refractivity contribution in [2.24, 2.45) is 0 Å². The van der Waals surface area contributed by atoms with Crippen LogP contribution in [0.2, 0.25) is 0 Å². The van der Waals surface area contributed by atoms with E-state index in [-0.39, 0.29) is 11.1 Å². The van der Waals surface area contributed by atoms with Crippen LogP contribution in [-0.2, 0) is 0 Å². The number of ketones is 1. The largest absolute Gasteiger partial charge is 0.478 e. The quantitative estimate of drug-likeness (QED) is 0.879. The van der Waals surface area contributed by atoms with Crippen molar-refractivity contribution < 1.29 is 27.9 Å². The Balaban J connectivity index is 2.83. The highest BCUT2D eigenvalue weighted by Crippen LogP contribution is 2.30. The van der Waals surface area contributed by atoms with Gasteiger partial charge in [0.1, 0.15) is 23.0 Å². The molecule has 0 amide bonds. The summed E-state index contributed by atoms with van der Waals surface area (Å²) in [6.07, 6.45) is 0. The number of carbonyl (C=O) groups is 2. The van der Waals surface area contributed by atoms with Gasteiger partial charge in [-0.1, -0.05) is 6.07 Å². The lowest BCUT2D eigenvalue weighted by atomic mass is 9.92. The smallest absolute Gasteiger partial charge is 0.339 e. The summed E-state index contributed by atoms with van der Waals surface area (Å²) in [5, 5.41) is 9.04. The Bertz CT molecular complexity index is 734. The van der Waals surface area contributed by atoms with Crippen molar-refractivity contribution in [3.05, 3.63) is 58.9 Å². The molecule has 0 saturated carbocycles. The molecule has 1 N–H and O–H groups in total. The molecular weight excluding hydrogens is 285 g/mol. The number of halogens is 3. The molecule has 0 fully saturated rings. The molecule has 0 atom stereocenters. The first kappa shape index (κ1) is 14.8. The summed E-state index contributed by atoms with van der Waals surface area (Å²) in [6, 6.07) is 4.47. The van der Waals surface area contributed by atoms with Crippen molar-refractivity contribution in [1.29, 1.82) is 0 Å². The maximum Gasteiger partial charge on any atom is 0.339 e. The van der Waals surface area contributed by atoms with Gasteiger partial charge in [-0.25, -0.2) is 18.0 Å². The molecule has 0 bridgehead atoms. The molecule has 0 aliphatic heterocycles. The molecule has 0 unspecified atom stereocenters. The Morgan fingerprint density at radius 2 is 1.52 bits per heavy atom. The van der Waals surface area contributed by atoms with Gasteiger partial charge in [0.05, 0.1) is 0 Å². The molecule has 0 aliphatic rings. The van der Waals surface area contributed by atoms with Crippen LogP contribution in [0.4, 0.5) is 13.2 Å². The first-order valence-corrected chi connectivity index (χ1v) is 5.84. The molecule has 0 aliphatic carbocycles. The van der Waals surface area contributed by atoms with Crippen LogP contribution in [0.15, 0.2) is 30.3 Å². The van der Waals surface area contributed by atoms with Crippen molar-refractivity contribution in [3.63, 3.8) is 0 Å². The van der Waals surface area contributed by atoms with E-state index in [0.717, 1.165) is 31.2 Å². The SMILES string of the molecule is CC(=O)c1c(-c2cc(F)cc(F)c2)ccc(F)c1C(=O)O. The van der Waals surface area contributed by atoms with Crippen molar-refractivity contribution >= 4 is 11.8 Å². The molecule has 0 saturated heterocycles. The van der Waals surface area contributed by atoms with Crippen LogP contribution in [0, 0.1) is 17.5 Å². The number of Topliss-reactive ketones (excluding diaryl/α,β-unsaturated/α-hetero) is 1. The van der Waals surface area contributed by atoms with Gasteiger partial charge in [0.15, 0.2) is 5.78 Å². The second-order valence-electron chi connectivity index (χ2n) is 4.36. The fraction of sp³-hybridized carbons (Fsp3) is 0.0667. The number of aromatic carboxylic acids is 1. The Hall–Kier alpha value is -2.63. The summed E-state index contributed by atoms with van der Waals surface area (Å²) in [6.45, 7) is 1.06. The highest BCUT2D eigenvalue weighted by molar-refractivity contribution is 6.09. The Kier molecular flexibility index (Phi) is 3.80. The summed E-state index contributed by atoms with van der Waals surface area (Å²) >= 11 is 0.